The Balaban J connectivity index is 1.23. The third-order valence-electron chi connectivity index (χ3n) is 11.2. The Morgan fingerprint density at radius 2 is 1.75 bits per heavy atom. The lowest BCUT2D eigenvalue weighted by Gasteiger charge is -2.55. The van der Waals surface area contributed by atoms with E-state index in [0.717, 1.165) is 37.0 Å². The maximum Gasteiger partial charge on any atom is 0.514 e. The van der Waals surface area contributed by atoms with Crippen LogP contribution in [-0.2, 0) is 4.74 Å². The molecule has 0 saturated heterocycles. The molecule has 0 bridgehead atoms. The number of carbonyl (C=O) groups is 1. The van der Waals surface area contributed by atoms with Crippen molar-refractivity contribution >= 4 is 11.8 Å². The number of carbonyl (C=O) groups excluding carboxylic acids is 1. The molecule has 0 spiro atoms. The van der Waals surface area contributed by atoms with Crippen LogP contribution < -0.4 is 4.74 Å². The Morgan fingerprint density at radius 1 is 1.00 bits per heavy atom. The molecule has 218 valence electrons. The van der Waals surface area contributed by atoms with Gasteiger partial charge in [0.25, 0.3) is 5.69 Å². The van der Waals surface area contributed by atoms with Crippen LogP contribution in [0.5, 0.6) is 5.75 Å². The molecular formula is C34H47NO5. The van der Waals surface area contributed by atoms with Crippen LogP contribution in [0.15, 0.2) is 47.6 Å². The van der Waals surface area contributed by atoms with Gasteiger partial charge in [-0.2, -0.15) is 0 Å². The number of benzene rings is 1. The van der Waals surface area contributed by atoms with Crippen LogP contribution in [0.3, 0.4) is 0 Å². The number of nitrogens with zero attached hydrogens (tertiary/aromatic N) is 1. The second-order valence-electron chi connectivity index (χ2n) is 14.0. The molecule has 7 atom stereocenters. The van der Waals surface area contributed by atoms with Crippen LogP contribution in [-0.4, -0.2) is 17.2 Å². The summed E-state index contributed by atoms with van der Waals surface area (Å²) in [5.74, 6) is 3.96. The first kappa shape index (κ1) is 28.9. The van der Waals surface area contributed by atoms with Crippen LogP contribution in [0, 0.1) is 50.5 Å². The van der Waals surface area contributed by atoms with Gasteiger partial charge >= 0.3 is 6.16 Å². The molecule has 6 nitrogen and oxygen atoms in total. The first-order valence-corrected chi connectivity index (χ1v) is 15.6. The second-order valence-corrected chi connectivity index (χ2v) is 14.0. The molecule has 0 amide bonds. The molecule has 0 aromatic heterocycles. The van der Waals surface area contributed by atoms with Crippen molar-refractivity contribution in [1.82, 2.24) is 0 Å². The van der Waals surface area contributed by atoms with Crippen molar-refractivity contribution in [3.05, 3.63) is 57.7 Å². The molecule has 0 radical (unpaired) electrons. The number of nitro benzene ring substituents is 1. The van der Waals surface area contributed by atoms with Crippen LogP contribution >= 0.6 is 0 Å². The Hall–Kier alpha value is -2.63. The highest BCUT2D eigenvalue weighted by Gasteiger charge is 2.57. The van der Waals surface area contributed by atoms with Gasteiger partial charge in [0.2, 0.25) is 0 Å². The Bertz CT molecular complexity index is 1170. The van der Waals surface area contributed by atoms with E-state index in [9.17, 15) is 14.9 Å². The standard InChI is InChI=1S/C34H47NO5/c1-22(2)7-6-8-23(3)29-15-16-30-28-14-9-24-21-27(17-19-33(24,4)31(28)18-20-34(29,30)5)40-32(36)39-26-12-10-25(11-13-26)35(37)38/h9-14,22-23,27,29-31H,6-8,15-21H2,1-5H3/t23-,27?,29-,30+,31+,33+,34-/m1/s1. The second kappa shape index (κ2) is 11.3. The van der Waals surface area contributed by atoms with Crippen molar-refractivity contribution in [3.63, 3.8) is 0 Å². The first-order valence-electron chi connectivity index (χ1n) is 15.6. The molecule has 0 N–H and O–H groups in total. The largest absolute Gasteiger partial charge is 0.514 e. The normalized spacial score (nSPS) is 33.6. The highest BCUT2D eigenvalue weighted by molar-refractivity contribution is 5.64. The van der Waals surface area contributed by atoms with Gasteiger partial charge in [-0.05, 0) is 91.1 Å². The van der Waals surface area contributed by atoms with Gasteiger partial charge in [0.15, 0.2) is 0 Å². The average molecular weight is 550 g/mol. The van der Waals surface area contributed by atoms with Gasteiger partial charge in [-0.3, -0.25) is 10.1 Å². The summed E-state index contributed by atoms with van der Waals surface area (Å²) in [6.07, 6.45) is 15.8. The zero-order valence-electron chi connectivity index (χ0n) is 25.0. The minimum atomic E-state index is -0.747. The summed E-state index contributed by atoms with van der Waals surface area (Å²) in [7, 11) is 0. The molecule has 1 unspecified atom stereocenters. The Labute approximate surface area is 239 Å². The predicted molar refractivity (Wildman–Crippen MR) is 157 cm³/mol. The molecule has 40 heavy (non-hydrogen) atoms. The van der Waals surface area contributed by atoms with Crippen molar-refractivity contribution in [1.29, 1.82) is 0 Å². The van der Waals surface area contributed by atoms with Gasteiger partial charge in [0.1, 0.15) is 11.9 Å². The van der Waals surface area contributed by atoms with Crippen molar-refractivity contribution in [2.45, 2.75) is 105 Å². The van der Waals surface area contributed by atoms with Crippen molar-refractivity contribution in [2.24, 2.45) is 40.4 Å². The van der Waals surface area contributed by atoms with Gasteiger partial charge in [0.05, 0.1) is 4.92 Å². The third-order valence-corrected chi connectivity index (χ3v) is 11.2. The van der Waals surface area contributed by atoms with E-state index in [1.165, 1.54) is 74.8 Å². The van der Waals surface area contributed by atoms with E-state index >= 15 is 0 Å². The summed E-state index contributed by atoms with van der Waals surface area (Å²) in [6.45, 7) is 12.3. The lowest BCUT2D eigenvalue weighted by Crippen LogP contribution is -2.47. The third kappa shape index (κ3) is 5.47. The minimum Gasteiger partial charge on any atom is -0.430 e. The number of hydrogen-bond donors (Lipinski definition) is 0. The molecular weight excluding hydrogens is 502 g/mol. The SMILES string of the molecule is CC(C)CCC[C@@H](C)[C@H]1CC[C@H]2C3=CC=C4CC(OC(=O)Oc5ccc([N+](=O)[O-])cc5)CC[C@]4(C)[C@H]3CC[C@]12C. The highest BCUT2D eigenvalue weighted by atomic mass is 16.7. The van der Waals surface area contributed by atoms with Crippen molar-refractivity contribution in [3.8, 4) is 5.75 Å². The number of ether oxygens (including phenoxy) is 2. The molecule has 0 aliphatic heterocycles. The van der Waals surface area contributed by atoms with Gasteiger partial charge in [-0.1, -0.05) is 77.2 Å². The van der Waals surface area contributed by atoms with Crippen molar-refractivity contribution in [2.75, 3.05) is 0 Å². The maximum atomic E-state index is 12.5. The maximum absolute atomic E-state index is 12.5. The summed E-state index contributed by atoms with van der Waals surface area (Å²) in [6, 6.07) is 5.48. The van der Waals surface area contributed by atoms with E-state index in [1.807, 2.05) is 0 Å². The molecule has 3 fully saturated rings. The fourth-order valence-electron chi connectivity index (χ4n) is 8.99. The summed E-state index contributed by atoms with van der Waals surface area (Å²) >= 11 is 0. The fraction of sp³-hybridized carbons (Fsp3) is 0.676. The first-order chi connectivity index (χ1) is 19.0. The minimum absolute atomic E-state index is 0.0451. The molecule has 1 aromatic carbocycles. The van der Waals surface area contributed by atoms with Crippen LogP contribution in [0.1, 0.15) is 98.8 Å². The molecule has 1 aromatic rings. The lowest BCUT2D eigenvalue weighted by molar-refractivity contribution is -0.384. The van der Waals surface area contributed by atoms with Gasteiger partial charge in [0, 0.05) is 18.6 Å². The van der Waals surface area contributed by atoms with Crippen LogP contribution in [0.25, 0.3) is 0 Å². The number of nitro groups is 1. The molecule has 3 saturated carbocycles. The number of fused-ring (bicyclic) bond motifs is 5. The van der Waals surface area contributed by atoms with Crippen molar-refractivity contribution < 1.29 is 19.2 Å². The van der Waals surface area contributed by atoms with E-state index in [0.29, 0.717) is 17.3 Å². The fourth-order valence-corrected chi connectivity index (χ4v) is 8.99. The Morgan fingerprint density at radius 3 is 2.45 bits per heavy atom. The highest BCUT2D eigenvalue weighted by Crippen LogP contribution is 2.66. The molecule has 5 rings (SSSR count). The number of allylic oxidation sites excluding steroid dienone is 3. The Kier molecular flexibility index (Phi) is 8.18. The summed E-state index contributed by atoms with van der Waals surface area (Å²) in [4.78, 5) is 22.9. The smallest absolute Gasteiger partial charge is 0.430 e. The molecule has 4 aliphatic rings. The lowest BCUT2D eigenvalue weighted by atomic mass is 9.50. The van der Waals surface area contributed by atoms with E-state index in [4.69, 9.17) is 9.47 Å². The van der Waals surface area contributed by atoms with E-state index < -0.39 is 11.1 Å². The van der Waals surface area contributed by atoms with Gasteiger partial charge in [-0.25, -0.2) is 4.79 Å². The van der Waals surface area contributed by atoms with E-state index in [1.54, 1.807) is 5.57 Å². The summed E-state index contributed by atoms with van der Waals surface area (Å²) < 4.78 is 11.0. The number of hydrogen-bond acceptors (Lipinski definition) is 5. The monoisotopic (exact) mass is 549 g/mol. The zero-order valence-corrected chi connectivity index (χ0v) is 25.0. The molecule has 4 aliphatic carbocycles. The summed E-state index contributed by atoms with van der Waals surface area (Å²) in [5.41, 5.74) is 3.61. The number of rotatable bonds is 8. The summed E-state index contributed by atoms with van der Waals surface area (Å²) in [5, 5.41) is 10.9. The predicted octanol–water partition coefficient (Wildman–Crippen LogP) is 9.44. The average Bonchev–Trinajstić information content (AvgIpc) is 3.26. The van der Waals surface area contributed by atoms with Crippen LogP contribution in [0.2, 0.25) is 0 Å². The van der Waals surface area contributed by atoms with E-state index in [-0.39, 0.29) is 23.0 Å². The molecule has 0 heterocycles. The topological polar surface area (TPSA) is 78.7 Å². The number of non-ortho nitro benzene ring substituents is 1. The molecule has 6 heteroatoms. The van der Waals surface area contributed by atoms with Gasteiger partial charge < -0.3 is 9.47 Å². The zero-order chi connectivity index (χ0) is 28.7. The quantitative estimate of drug-likeness (QED) is 0.140. The van der Waals surface area contributed by atoms with Crippen LogP contribution in [0.4, 0.5) is 10.5 Å². The van der Waals surface area contributed by atoms with E-state index in [2.05, 4.69) is 46.8 Å². The van der Waals surface area contributed by atoms with Gasteiger partial charge in [-0.15, -0.1) is 0 Å².